The van der Waals surface area contributed by atoms with Crippen molar-refractivity contribution in [2.24, 2.45) is 0 Å². The zero-order valence-electron chi connectivity index (χ0n) is 9.84. The van der Waals surface area contributed by atoms with Crippen LogP contribution in [0.1, 0.15) is 5.56 Å². The normalized spacial score (nSPS) is 13.0. The summed E-state index contributed by atoms with van der Waals surface area (Å²) in [6.07, 6.45) is -1.02. The maximum atomic E-state index is 11.4. The van der Waals surface area contributed by atoms with Gasteiger partial charge in [0.05, 0.1) is 12.2 Å². The SMILES string of the molecule is O=C(O)N1Cc2cc(Cl)ccc2Oc2ccccc21. The van der Waals surface area contributed by atoms with E-state index in [9.17, 15) is 9.90 Å². The first-order valence-electron chi connectivity index (χ1n) is 5.71. The number of ether oxygens (including phenoxy) is 1. The van der Waals surface area contributed by atoms with E-state index >= 15 is 0 Å². The number of amides is 1. The largest absolute Gasteiger partial charge is 0.465 e. The van der Waals surface area contributed by atoms with Crippen LogP contribution in [-0.2, 0) is 6.54 Å². The molecule has 2 aromatic rings. The number of nitrogens with zero attached hydrogens (tertiary/aromatic N) is 1. The highest BCUT2D eigenvalue weighted by Crippen LogP contribution is 2.39. The molecule has 0 radical (unpaired) electrons. The van der Waals surface area contributed by atoms with Crippen LogP contribution in [0, 0.1) is 0 Å². The van der Waals surface area contributed by atoms with Crippen LogP contribution in [0.15, 0.2) is 42.5 Å². The van der Waals surface area contributed by atoms with Crippen molar-refractivity contribution in [3.05, 3.63) is 53.1 Å². The molecular weight excluding hydrogens is 266 g/mol. The Morgan fingerprint density at radius 1 is 1.21 bits per heavy atom. The van der Waals surface area contributed by atoms with Gasteiger partial charge in [0.1, 0.15) is 5.75 Å². The number of halogens is 1. The van der Waals surface area contributed by atoms with Crippen LogP contribution in [-0.4, -0.2) is 11.2 Å². The lowest BCUT2D eigenvalue weighted by Gasteiger charge is -2.17. The van der Waals surface area contributed by atoms with Crippen molar-refractivity contribution in [1.82, 2.24) is 0 Å². The van der Waals surface area contributed by atoms with Gasteiger partial charge in [-0.25, -0.2) is 4.79 Å². The molecule has 0 aromatic heterocycles. The van der Waals surface area contributed by atoms with Crippen LogP contribution >= 0.6 is 11.6 Å². The molecule has 0 saturated carbocycles. The first-order chi connectivity index (χ1) is 9.15. The predicted molar refractivity (Wildman–Crippen MR) is 72.2 cm³/mol. The van der Waals surface area contributed by atoms with Gasteiger partial charge in [-0.1, -0.05) is 23.7 Å². The van der Waals surface area contributed by atoms with E-state index in [0.29, 0.717) is 22.2 Å². The first-order valence-corrected chi connectivity index (χ1v) is 6.09. The number of para-hydroxylation sites is 2. The molecule has 1 N–H and O–H groups in total. The minimum atomic E-state index is -1.02. The molecule has 1 aliphatic heterocycles. The fraction of sp³-hybridized carbons (Fsp3) is 0.0714. The van der Waals surface area contributed by atoms with Gasteiger partial charge >= 0.3 is 6.09 Å². The predicted octanol–water partition coefficient (Wildman–Crippen LogP) is 4.13. The Labute approximate surface area is 114 Å². The lowest BCUT2D eigenvalue weighted by molar-refractivity contribution is 0.201. The van der Waals surface area contributed by atoms with Gasteiger partial charge in [0.15, 0.2) is 5.75 Å². The number of fused-ring (bicyclic) bond motifs is 2. The molecule has 1 aliphatic rings. The van der Waals surface area contributed by atoms with Crippen LogP contribution in [0.4, 0.5) is 10.5 Å². The molecule has 1 amide bonds. The molecule has 0 saturated heterocycles. The van der Waals surface area contributed by atoms with Gasteiger partial charge in [-0.05, 0) is 30.3 Å². The van der Waals surface area contributed by atoms with E-state index in [2.05, 4.69) is 0 Å². The summed E-state index contributed by atoms with van der Waals surface area (Å²) in [7, 11) is 0. The van der Waals surface area contributed by atoms with Gasteiger partial charge in [-0.2, -0.15) is 0 Å². The second-order valence-corrected chi connectivity index (χ2v) is 4.63. The third-order valence-corrected chi connectivity index (χ3v) is 3.19. The lowest BCUT2D eigenvalue weighted by atomic mass is 10.2. The number of anilines is 1. The van der Waals surface area contributed by atoms with Crippen molar-refractivity contribution in [2.75, 3.05) is 4.90 Å². The van der Waals surface area contributed by atoms with Gasteiger partial charge in [-0.3, -0.25) is 4.90 Å². The maximum absolute atomic E-state index is 11.4. The fourth-order valence-electron chi connectivity index (χ4n) is 2.08. The third-order valence-electron chi connectivity index (χ3n) is 2.96. The van der Waals surface area contributed by atoms with Gasteiger partial charge < -0.3 is 9.84 Å². The van der Waals surface area contributed by atoms with Crippen LogP contribution in [0.3, 0.4) is 0 Å². The summed E-state index contributed by atoms with van der Waals surface area (Å²) in [6.45, 7) is 0.211. The molecule has 5 heteroatoms. The molecule has 0 atom stereocenters. The molecular formula is C14H10ClNO3. The topological polar surface area (TPSA) is 49.8 Å². The van der Waals surface area contributed by atoms with Crippen LogP contribution < -0.4 is 9.64 Å². The van der Waals surface area contributed by atoms with Crippen molar-refractivity contribution in [3.63, 3.8) is 0 Å². The minimum absolute atomic E-state index is 0.211. The van der Waals surface area contributed by atoms with Crippen molar-refractivity contribution in [2.45, 2.75) is 6.54 Å². The molecule has 96 valence electrons. The van der Waals surface area contributed by atoms with Crippen molar-refractivity contribution < 1.29 is 14.6 Å². The Bertz CT molecular complexity index is 657. The summed E-state index contributed by atoms with van der Waals surface area (Å²) in [5.74, 6) is 1.14. The number of carboxylic acid groups (broad SMARTS) is 1. The van der Waals surface area contributed by atoms with Gasteiger partial charge in [0, 0.05) is 10.6 Å². The summed E-state index contributed by atoms with van der Waals surface area (Å²) in [6, 6.07) is 12.2. The quantitative estimate of drug-likeness (QED) is 0.786. The number of hydrogen-bond acceptors (Lipinski definition) is 2. The molecule has 19 heavy (non-hydrogen) atoms. The molecule has 0 bridgehead atoms. The Morgan fingerprint density at radius 2 is 2.00 bits per heavy atom. The standard InChI is InChI=1S/C14H10ClNO3/c15-10-5-6-12-9(7-10)8-16(14(17)18)11-3-1-2-4-13(11)19-12/h1-7H,8H2,(H,17,18). The molecule has 0 aliphatic carbocycles. The zero-order chi connectivity index (χ0) is 13.4. The fourth-order valence-corrected chi connectivity index (χ4v) is 2.28. The molecule has 2 aromatic carbocycles. The monoisotopic (exact) mass is 275 g/mol. The average molecular weight is 276 g/mol. The lowest BCUT2D eigenvalue weighted by Crippen LogP contribution is -2.27. The molecule has 0 fully saturated rings. The van der Waals surface area contributed by atoms with Crippen LogP contribution in [0.25, 0.3) is 0 Å². The van der Waals surface area contributed by atoms with Gasteiger partial charge in [-0.15, -0.1) is 0 Å². The second kappa shape index (κ2) is 4.48. The number of carbonyl (C=O) groups is 1. The van der Waals surface area contributed by atoms with Crippen LogP contribution in [0.5, 0.6) is 11.5 Å². The zero-order valence-corrected chi connectivity index (χ0v) is 10.6. The second-order valence-electron chi connectivity index (χ2n) is 4.19. The van der Waals surface area contributed by atoms with Gasteiger partial charge in [0.25, 0.3) is 0 Å². The van der Waals surface area contributed by atoms with E-state index in [1.165, 1.54) is 4.90 Å². The Balaban J connectivity index is 2.17. The Hall–Kier alpha value is -2.20. The van der Waals surface area contributed by atoms with E-state index in [1.807, 2.05) is 0 Å². The van der Waals surface area contributed by atoms with Crippen molar-refractivity contribution >= 4 is 23.4 Å². The first kappa shape index (κ1) is 11.9. The molecule has 3 rings (SSSR count). The van der Waals surface area contributed by atoms with Gasteiger partial charge in [0.2, 0.25) is 0 Å². The summed E-state index contributed by atoms with van der Waals surface area (Å²) in [5, 5.41) is 9.90. The summed E-state index contributed by atoms with van der Waals surface area (Å²) >= 11 is 5.95. The summed E-state index contributed by atoms with van der Waals surface area (Å²) in [5.41, 5.74) is 1.27. The van der Waals surface area contributed by atoms with E-state index in [4.69, 9.17) is 16.3 Å². The van der Waals surface area contributed by atoms with Crippen LogP contribution in [0.2, 0.25) is 5.02 Å². The highest BCUT2D eigenvalue weighted by atomic mass is 35.5. The smallest absolute Gasteiger partial charge is 0.412 e. The summed E-state index contributed by atoms with van der Waals surface area (Å²) < 4.78 is 5.77. The molecule has 0 unspecified atom stereocenters. The van der Waals surface area contributed by atoms with Crippen molar-refractivity contribution in [3.8, 4) is 11.5 Å². The van der Waals surface area contributed by atoms with E-state index in [1.54, 1.807) is 42.5 Å². The van der Waals surface area contributed by atoms with Crippen molar-refractivity contribution in [1.29, 1.82) is 0 Å². The summed E-state index contributed by atoms with van der Waals surface area (Å²) in [4.78, 5) is 12.6. The number of rotatable bonds is 0. The number of hydrogen-bond donors (Lipinski definition) is 1. The maximum Gasteiger partial charge on any atom is 0.412 e. The van der Waals surface area contributed by atoms with E-state index in [-0.39, 0.29) is 6.54 Å². The Kier molecular flexibility index (Phi) is 2.80. The highest BCUT2D eigenvalue weighted by molar-refractivity contribution is 6.30. The third kappa shape index (κ3) is 2.11. The van der Waals surface area contributed by atoms with E-state index < -0.39 is 6.09 Å². The minimum Gasteiger partial charge on any atom is -0.465 e. The number of benzene rings is 2. The average Bonchev–Trinajstić information content (AvgIpc) is 2.55. The molecule has 1 heterocycles. The molecule has 4 nitrogen and oxygen atoms in total. The highest BCUT2D eigenvalue weighted by Gasteiger charge is 2.24. The molecule has 0 spiro atoms. The Morgan fingerprint density at radius 3 is 2.79 bits per heavy atom. The van der Waals surface area contributed by atoms with E-state index in [0.717, 1.165) is 5.56 Å².